The summed E-state index contributed by atoms with van der Waals surface area (Å²) < 4.78 is 1.78. The Morgan fingerprint density at radius 2 is 2.29 bits per heavy atom. The van der Waals surface area contributed by atoms with Crippen molar-refractivity contribution >= 4 is 0 Å². The predicted octanol–water partition coefficient (Wildman–Crippen LogP) is 1.25. The minimum atomic E-state index is 0.0836. The Morgan fingerprint density at radius 3 is 2.71 bits per heavy atom. The van der Waals surface area contributed by atoms with Crippen LogP contribution in [-0.4, -0.2) is 15.0 Å². The second-order valence-electron chi connectivity index (χ2n) is 4.36. The fourth-order valence-corrected chi connectivity index (χ4v) is 2.13. The van der Waals surface area contributed by atoms with Gasteiger partial charge in [0.25, 0.3) is 0 Å². The van der Waals surface area contributed by atoms with Crippen LogP contribution in [0.25, 0.3) is 0 Å². The molecule has 4 nitrogen and oxygen atoms in total. The molecule has 14 heavy (non-hydrogen) atoms. The number of rotatable bonds is 3. The molecule has 78 valence electrons. The highest BCUT2D eigenvalue weighted by atomic mass is 15.4. The summed E-state index contributed by atoms with van der Waals surface area (Å²) >= 11 is 0. The number of hydrogen-bond acceptors (Lipinski definition) is 3. The first-order valence-electron chi connectivity index (χ1n) is 5.30. The van der Waals surface area contributed by atoms with E-state index in [0.29, 0.717) is 5.92 Å². The van der Waals surface area contributed by atoms with Crippen LogP contribution in [0.2, 0.25) is 0 Å². The van der Waals surface area contributed by atoms with Crippen molar-refractivity contribution in [2.24, 2.45) is 24.6 Å². The van der Waals surface area contributed by atoms with Crippen LogP contribution in [0, 0.1) is 11.8 Å². The molecule has 2 N–H and O–H groups in total. The summed E-state index contributed by atoms with van der Waals surface area (Å²) in [4.78, 5) is 0. The van der Waals surface area contributed by atoms with Crippen LogP contribution in [0.1, 0.15) is 37.9 Å². The second-order valence-corrected chi connectivity index (χ2v) is 4.36. The minimum Gasteiger partial charge on any atom is -0.322 e. The van der Waals surface area contributed by atoms with E-state index in [-0.39, 0.29) is 6.04 Å². The molecule has 0 radical (unpaired) electrons. The van der Waals surface area contributed by atoms with Gasteiger partial charge in [-0.1, -0.05) is 31.4 Å². The minimum absolute atomic E-state index is 0.0836. The molecule has 1 aliphatic carbocycles. The molecule has 0 spiro atoms. The lowest BCUT2D eigenvalue weighted by molar-refractivity contribution is 0.190. The monoisotopic (exact) mass is 194 g/mol. The van der Waals surface area contributed by atoms with E-state index >= 15 is 0 Å². The van der Waals surface area contributed by atoms with Gasteiger partial charge in [0.15, 0.2) is 0 Å². The van der Waals surface area contributed by atoms with Crippen molar-refractivity contribution in [3.05, 3.63) is 11.9 Å². The van der Waals surface area contributed by atoms with Crippen molar-refractivity contribution in [1.29, 1.82) is 0 Å². The number of nitrogens with zero attached hydrogens (tertiary/aromatic N) is 3. The topological polar surface area (TPSA) is 56.7 Å². The van der Waals surface area contributed by atoms with Crippen LogP contribution in [-0.2, 0) is 7.05 Å². The van der Waals surface area contributed by atoms with Gasteiger partial charge in [-0.05, 0) is 11.8 Å². The van der Waals surface area contributed by atoms with E-state index in [1.807, 2.05) is 7.05 Å². The maximum atomic E-state index is 6.19. The first-order chi connectivity index (χ1) is 6.70. The Balaban J connectivity index is 2.07. The highest BCUT2D eigenvalue weighted by Crippen LogP contribution is 2.38. The summed E-state index contributed by atoms with van der Waals surface area (Å²) in [7, 11) is 1.90. The van der Waals surface area contributed by atoms with Gasteiger partial charge in [-0.15, -0.1) is 5.10 Å². The van der Waals surface area contributed by atoms with Crippen molar-refractivity contribution < 1.29 is 0 Å². The standard InChI is InChI=1S/C10H18N4/c1-7(8-4-3-5-8)10(11)9-6-12-13-14(9)2/h6-8,10H,3-5,11H2,1-2H3. The van der Waals surface area contributed by atoms with E-state index < -0.39 is 0 Å². The highest BCUT2D eigenvalue weighted by Gasteiger charge is 2.30. The number of aromatic nitrogens is 3. The normalized spacial score (nSPS) is 21.6. The van der Waals surface area contributed by atoms with E-state index in [0.717, 1.165) is 11.6 Å². The second kappa shape index (κ2) is 3.69. The van der Waals surface area contributed by atoms with Crippen LogP contribution >= 0.6 is 0 Å². The largest absolute Gasteiger partial charge is 0.322 e. The van der Waals surface area contributed by atoms with Gasteiger partial charge in [0.1, 0.15) is 0 Å². The van der Waals surface area contributed by atoms with Crippen LogP contribution < -0.4 is 5.73 Å². The van der Waals surface area contributed by atoms with Gasteiger partial charge in [0.2, 0.25) is 0 Å². The smallest absolute Gasteiger partial charge is 0.0753 e. The molecule has 0 aromatic carbocycles. The zero-order chi connectivity index (χ0) is 10.1. The molecule has 1 aromatic heterocycles. The van der Waals surface area contributed by atoms with Crippen LogP contribution in [0.3, 0.4) is 0 Å². The lowest BCUT2D eigenvalue weighted by atomic mass is 9.73. The SMILES string of the molecule is CC(C1CCC1)C(N)c1cnnn1C. The van der Waals surface area contributed by atoms with E-state index in [2.05, 4.69) is 17.2 Å². The van der Waals surface area contributed by atoms with Crippen LogP contribution in [0.15, 0.2) is 6.20 Å². The summed E-state index contributed by atoms with van der Waals surface area (Å²) in [5.41, 5.74) is 7.24. The average molecular weight is 194 g/mol. The molecule has 1 aliphatic rings. The van der Waals surface area contributed by atoms with Gasteiger partial charge in [-0.2, -0.15) is 0 Å². The first kappa shape index (κ1) is 9.65. The number of nitrogens with two attached hydrogens (primary N) is 1. The summed E-state index contributed by atoms with van der Waals surface area (Å²) in [5, 5.41) is 7.77. The molecular weight excluding hydrogens is 176 g/mol. The Hall–Kier alpha value is -0.900. The summed E-state index contributed by atoms with van der Waals surface area (Å²) in [6, 6.07) is 0.0836. The van der Waals surface area contributed by atoms with Crippen molar-refractivity contribution in [2.45, 2.75) is 32.2 Å². The maximum absolute atomic E-state index is 6.19. The zero-order valence-corrected chi connectivity index (χ0v) is 8.85. The number of hydrogen-bond donors (Lipinski definition) is 1. The predicted molar refractivity (Wildman–Crippen MR) is 54.4 cm³/mol. The third-order valence-corrected chi connectivity index (χ3v) is 3.55. The molecule has 1 fully saturated rings. The summed E-state index contributed by atoms with van der Waals surface area (Å²) in [5.74, 6) is 1.35. The van der Waals surface area contributed by atoms with Gasteiger partial charge in [-0.25, -0.2) is 0 Å². The lowest BCUT2D eigenvalue weighted by Crippen LogP contribution is -2.30. The van der Waals surface area contributed by atoms with E-state index in [4.69, 9.17) is 5.73 Å². The fourth-order valence-electron chi connectivity index (χ4n) is 2.13. The van der Waals surface area contributed by atoms with Gasteiger partial charge in [0.05, 0.1) is 17.9 Å². The Kier molecular flexibility index (Phi) is 2.54. The highest BCUT2D eigenvalue weighted by molar-refractivity contribution is 5.03. The molecule has 2 unspecified atom stereocenters. The van der Waals surface area contributed by atoms with E-state index in [1.165, 1.54) is 19.3 Å². The Bertz CT molecular complexity index is 303. The third kappa shape index (κ3) is 1.54. The molecular formula is C10H18N4. The molecule has 1 aromatic rings. The van der Waals surface area contributed by atoms with Gasteiger partial charge < -0.3 is 5.73 Å². The van der Waals surface area contributed by atoms with Gasteiger partial charge in [-0.3, -0.25) is 4.68 Å². The molecule has 0 bridgehead atoms. The molecule has 0 amide bonds. The molecule has 1 heterocycles. The van der Waals surface area contributed by atoms with Crippen molar-refractivity contribution in [2.75, 3.05) is 0 Å². The first-order valence-corrected chi connectivity index (χ1v) is 5.30. The van der Waals surface area contributed by atoms with Gasteiger partial charge in [0, 0.05) is 7.05 Å². The zero-order valence-electron chi connectivity index (χ0n) is 8.85. The number of aryl methyl sites for hydroxylation is 1. The Morgan fingerprint density at radius 1 is 1.57 bits per heavy atom. The summed E-state index contributed by atoms with van der Waals surface area (Å²) in [6.07, 6.45) is 5.81. The van der Waals surface area contributed by atoms with E-state index in [1.54, 1.807) is 10.9 Å². The third-order valence-electron chi connectivity index (χ3n) is 3.55. The summed E-state index contributed by atoms with van der Waals surface area (Å²) in [6.45, 7) is 2.24. The van der Waals surface area contributed by atoms with Crippen molar-refractivity contribution in [3.63, 3.8) is 0 Å². The lowest BCUT2D eigenvalue weighted by Gasteiger charge is -2.34. The quantitative estimate of drug-likeness (QED) is 0.788. The maximum Gasteiger partial charge on any atom is 0.0753 e. The molecule has 2 rings (SSSR count). The molecule has 0 saturated heterocycles. The molecule has 0 aliphatic heterocycles. The van der Waals surface area contributed by atoms with E-state index in [9.17, 15) is 0 Å². The molecule has 2 atom stereocenters. The van der Waals surface area contributed by atoms with Gasteiger partial charge >= 0.3 is 0 Å². The van der Waals surface area contributed by atoms with Crippen molar-refractivity contribution in [1.82, 2.24) is 15.0 Å². The molecule has 1 saturated carbocycles. The van der Waals surface area contributed by atoms with Crippen LogP contribution in [0.5, 0.6) is 0 Å². The average Bonchev–Trinajstić information content (AvgIpc) is 2.47. The van der Waals surface area contributed by atoms with Crippen LogP contribution in [0.4, 0.5) is 0 Å². The Labute approximate surface area is 84.5 Å². The van der Waals surface area contributed by atoms with Crippen molar-refractivity contribution in [3.8, 4) is 0 Å². The molecule has 4 heteroatoms. The fraction of sp³-hybridized carbons (Fsp3) is 0.800.